The first-order valence-electron chi connectivity index (χ1n) is 5.94. The number of halogens is 2. The van der Waals surface area contributed by atoms with Gasteiger partial charge in [-0.05, 0) is 38.0 Å². The normalized spacial score (nSPS) is 14.6. The van der Waals surface area contributed by atoms with Gasteiger partial charge in [0.25, 0.3) is 0 Å². The minimum atomic E-state index is -2.80. The fourth-order valence-electron chi connectivity index (χ4n) is 1.74. The van der Waals surface area contributed by atoms with E-state index in [0.717, 1.165) is 5.56 Å². The number of alkyl halides is 2. The molecule has 0 amide bonds. The number of aliphatic hydroxyl groups is 1. The Bertz CT molecular complexity index is 343. The molecule has 0 saturated carbocycles. The average molecular weight is 259 g/mol. The maximum absolute atomic E-state index is 12.0. The summed E-state index contributed by atoms with van der Waals surface area (Å²) in [6, 6.07) is 6.84. The zero-order valence-electron chi connectivity index (χ0n) is 10.6. The molecule has 0 bridgehead atoms. The number of hydrogen-bond donors (Lipinski definition) is 2. The molecule has 102 valence electrons. The molecule has 2 atom stereocenters. The van der Waals surface area contributed by atoms with Crippen LogP contribution >= 0.6 is 0 Å². The largest absolute Gasteiger partial charge is 0.435 e. The SMILES string of the molecule is CC(CCO)NC(C)c1ccc(OC(F)F)cc1. The van der Waals surface area contributed by atoms with Gasteiger partial charge in [-0.1, -0.05) is 12.1 Å². The standard InChI is InChI=1S/C13H19F2NO2/c1-9(7-8-17)16-10(2)11-3-5-12(6-4-11)18-13(14)15/h3-6,9-10,13,16-17H,7-8H2,1-2H3. The Morgan fingerprint density at radius 3 is 2.33 bits per heavy atom. The highest BCUT2D eigenvalue weighted by molar-refractivity contribution is 5.29. The predicted octanol–water partition coefficient (Wildman–Crippen LogP) is 2.71. The highest BCUT2D eigenvalue weighted by Gasteiger charge is 2.10. The van der Waals surface area contributed by atoms with Crippen LogP contribution in [0.3, 0.4) is 0 Å². The smallest absolute Gasteiger partial charge is 0.387 e. The van der Waals surface area contributed by atoms with Crippen LogP contribution in [-0.2, 0) is 0 Å². The number of ether oxygens (including phenoxy) is 1. The summed E-state index contributed by atoms with van der Waals surface area (Å²) < 4.78 is 28.2. The lowest BCUT2D eigenvalue weighted by atomic mass is 10.1. The van der Waals surface area contributed by atoms with Crippen LogP contribution in [0.15, 0.2) is 24.3 Å². The second-order valence-corrected chi connectivity index (χ2v) is 4.25. The molecule has 1 rings (SSSR count). The van der Waals surface area contributed by atoms with Crippen LogP contribution in [0.25, 0.3) is 0 Å². The van der Waals surface area contributed by atoms with Crippen LogP contribution in [0.5, 0.6) is 5.75 Å². The number of benzene rings is 1. The quantitative estimate of drug-likeness (QED) is 0.791. The van der Waals surface area contributed by atoms with Crippen molar-refractivity contribution < 1.29 is 18.6 Å². The summed E-state index contributed by atoms with van der Waals surface area (Å²) in [6.45, 7) is 1.32. The van der Waals surface area contributed by atoms with Gasteiger partial charge in [-0.3, -0.25) is 0 Å². The lowest BCUT2D eigenvalue weighted by Crippen LogP contribution is -2.29. The van der Waals surface area contributed by atoms with Crippen LogP contribution < -0.4 is 10.1 Å². The molecule has 2 unspecified atom stereocenters. The fourth-order valence-corrected chi connectivity index (χ4v) is 1.74. The Hall–Kier alpha value is -1.20. The van der Waals surface area contributed by atoms with Crippen molar-refractivity contribution >= 4 is 0 Å². The lowest BCUT2D eigenvalue weighted by molar-refractivity contribution is -0.0498. The van der Waals surface area contributed by atoms with E-state index in [-0.39, 0.29) is 24.4 Å². The number of hydrogen-bond acceptors (Lipinski definition) is 3. The molecule has 3 nitrogen and oxygen atoms in total. The van der Waals surface area contributed by atoms with Crippen molar-refractivity contribution in [2.24, 2.45) is 0 Å². The summed E-state index contributed by atoms with van der Waals surface area (Å²) in [7, 11) is 0. The summed E-state index contributed by atoms with van der Waals surface area (Å²) in [5.74, 6) is 0.157. The van der Waals surface area contributed by atoms with Crippen LogP contribution in [0.1, 0.15) is 31.9 Å². The van der Waals surface area contributed by atoms with Gasteiger partial charge in [0.1, 0.15) is 5.75 Å². The number of aliphatic hydroxyl groups excluding tert-OH is 1. The van der Waals surface area contributed by atoms with Crippen molar-refractivity contribution in [3.05, 3.63) is 29.8 Å². The topological polar surface area (TPSA) is 41.5 Å². The molecular formula is C13H19F2NO2. The third-order valence-corrected chi connectivity index (χ3v) is 2.70. The molecule has 18 heavy (non-hydrogen) atoms. The first-order valence-corrected chi connectivity index (χ1v) is 5.94. The summed E-state index contributed by atoms with van der Waals surface area (Å²) in [6.07, 6.45) is 0.677. The van der Waals surface area contributed by atoms with Crippen molar-refractivity contribution in [2.45, 2.75) is 39.0 Å². The third kappa shape index (κ3) is 4.98. The zero-order valence-corrected chi connectivity index (χ0v) is 10.6. The summed E-state index contributed by atoms with van der Waals surface area (Å²) >= 11 is 0. The molecule has 5 heteroatoms. The van der Waals surface area contributed by atoms with Crippen molar-refractivity contribution in [3.8, 4) is 5.75 Å². The maximum atomic E-state index is 12.0. The predicted molar refractivity (Wildman–Crippen MR) is 65.8 cm³/mol. The summed E-state index contributed by atoms with van der Waals surface area (Å²) in [4.78, 5) is 0. The van der Waals surface area contributed by atoms with Crippen LogP contribution in [-0.4, -0.2) is 24.4 Å². The molecule has 0 aliphatic heterocycles. The Balaban J connectivity index is 2.55. The van der Waals surface area contributed by atoms with E-state index < -0.39 is 6.61 Å². The van der Waals surface area contributed by atoms with Crippen LogP contribution in [0.4, 0.5) is 8.78 Å². The van der Waals surface area contributed by atoms with Gasteiger partial charge in [0.2, 0.25) is 0 Å². The highest BCUT2D eigenvalue weighted by Crippen LogP contribution is 2.19. The van der Waals surface area contributed by atoms with Crippen molar-refractivity contribution in [2.75, 3.05) is 6.61 Å². The molecule has 1 aromatic carbocycles. The highest BCUT2D eigenvalue weighted by atomic mass is 19.3. The van der Waals surface area contributed by atoms with E-state index in [0.29, 0.717) is 6.42 Å². The van der Waals surface area contributed by atoms with E-state index in [4.69, 9.17) is 5.11 Å². The molecule has 0 fully saturated rings. The first-order chi connectivity index (χ1) is 8.52. The van der Waals surface area contributed by atoms with E-state index in [1.165, 1.54) is 12.1 Å². The van der Waals surface area contributed by atoms with Crippen molar-refractivity contribution in [1.29, 1.82) is 0 Å². The molecule has 0 spiro atoms. The first kappa shape index (κ1) is 14.9. The molecule has 0 radical (unpaired) electrons. The average Bonchev–Trinajstić information content (AvgIpc) is 2.29. The van der Waals surface area contributed by atoms with E-state index in [9.17, 15) is 8.78 Å². The minimum Gasteiger partial charge on any atom is -0.435 e. The fraction of sp³-hybridized carbons (Fsp3) is 0.538. The van der Waals surface area contributed by atoms with Crippen LogP contribution in [0.2, 0.25) is 0 Å². The van der Waals surface area contributed by atoms with E-state index >= 15 is 0 Å². The van der Waals surface area contributed by atoms with Gasteiger partial charge >= 0.3 is 6.61 Å². The number of rotatable bonds is 7. The summed E-state index contributed by atoms with van der Waals surface area (Å²) in [5, 5.41) is 12.1. The third-order valence-electron chi connectivity index (χ3n) is 2.70. The van der Waals surface area contributed by atoms with Crippen molar-refractivity contribution in [3.63, 3.8) is 0 Å². The Morgan fingerprint density at radius 2 is 1.83 bits per heavy atom. The van der Waals surface area contributed by atoms with Gasteiger partial charge in [0.15, 0.2) is 0 Å². The van der Waals surface area contributed by atoms with Gasteiger partial charge in [0.05, 0.1) is 0 Å². The molecule has 2 N–H and O–H groups in total. The molecule has 0 saturated heterocycles. The van der Waals surface area contributed by atoms with Gasteiger partial charge in [-0.25, -0.2) is 0 Å². The summed E-state index contributed by atoms with van der Waals surface area (Å²) in [5.41, 5.74) is 0.987. The van der Waals surface area contributed by atoms with Gasteiger partial charge in [-0.15, -0.1) is 0 Å². The molecule has 0 aliphatic rings. The monoisotopic (exact) mass is 259 g/mol. The second-order valence-electron chi connectivity index (χ2n) is 4.25. The van der Waals surface area contributed by atoms with E-state index in [1.807, 2.05) is 13.8 Å². The Kier molecular flexibility index (Phi) is 6.01. The van der Waals surface area contributed by atoms with Gasteiger partial charge in [0, 0.05) is 18.7 Å². The van der Waals surface area contributed by atoms with Crippen molar-refractivity contribution in [1.82, 2.24) is 5.32 Å². The van der Waals surface area contributed by atoms with Gasteiger partial charge < -0.3 is 15.2 Å². The second kappa shape index (κ2) is 7.28. The molecule has 0 aliphatic carbocycles. The van der Waals surface area contributed by atoms with E-state index in [1.54, 1.807) is 12.1 Å². The van der Waals surface area contributed by atoms with Gasteiger partial charge in [-0.2, -0.15) is 8.78 Å². The Morgan fingerprint density at radius 1 is 1.22 bits per heavy atom. The number of nitrogens with one attached hydrogen (secondary N) is 1. The van der Waals surface area contributed by atoms with E-state index in [2.05, 4.69) is 10.1 Å². The molecular weight excluding hydrogens is 240 g/mol. The zero-order chi connectivity index (χ0) is 13.5. The maximum Gasteiger partial charge on any atom is 0.387 e. The minimum absolute atomic E-state index is 0.0900. The molecule has 1 aromatic rings. The lowest BCUT2D eigenvalue weighted by Gasteiger charge is -2.20. The molecule has 0 heterocycles. The molecule has 0 aromatic heterocycles. The Labute approximate surface area is 106 Å². The van der Waals surface area contributed by atoms with Crippen LogP contribution in [0, 0.1) is 0 Å².